The van der Waals surface area contributed by atoms with E-state index >= 15 is 0 Å². The molecule has 0 bridgehead atoms. The highest BCUT2D eigenvalue weighted by Gasteiger charge is 2.45. The summed E-state index contributed by atoms with van der Waals surface area (Å²) in [7, 11) is 0. The average molecular weight is 466 g/mol. The third-order valence-corrected chi connectivity index (χ3v) is 6.30. The molecule has 2 aromatic rings. The number of amides is 2. The summed E-state index contributed by atoms with van der Waals surface area (Å²) in [5, 5.41) is 6.44. The molecule has 3 aliphatic rings. The summed E-state index contributed by atoms with van der Waals surface area (Å²) in [5.74, 6) is -2.11. The van der Waals surface area contributed by atoms with E-state index in [-0.39, 0.29) is 41.9 Å². The third-order valence-electron chi connectivity index (χ3n) is 6.30. The minimum atomic E-state index is -4.75. The van der Waals surface area contributed by atoms with Crippen LogP contribution in [0.1, 0.15) is 35.2 Å². The highest BCUT2D eigenvalue weighted by Crippen LogP contribution is 2.33. The molecule has 2 atom stereocenters. The Morgan fingerprint density at radius 2 is 2.06 bits per heavy atom. The largest absolute Gasteiger partial charge is 0.471 e. The molecule has 1 aromatic heterocycles. The maximum absolute atomic E-state index is 13.2. The van der Waals surface area contributed by atoms with Gasteiger partial charge in [0.25, 0.3) is 5.91 Å². The Morgan fingerprint density at radius 1 is 1.27 bits per heavy atom. The van der Waals surface area contributed by atoms with Gasteiger partial charge < -0.3 is 24.2 Å². The molecule has 0 radical (unpaired) electrons. The molecular weight excluding hydrogens is 445 g/mol. The Labute approximate surface area is 186 Å². The van der Waals surface area contributed by atoms with Gasteiger partial charge in [-0.25, -0.2) is 0 Å². The second kappa shape index (κ2) is 7.80. The van der Waals surface area contributed by atoms with E-state index in [0.717, 1.165) is 5.56 Å². The van der Waals surface area contributed by atoms with Gasteiger partial charge in [0.15, 0.2) is 0 Å². The van der Waals surface area contributed by atoms with E-state index < -0.39 is 17.5 Å². The van der Waals surface area contributed by atoms with Gasteiger partial charge in [0, 0.05) is 24.3 Å². The first-order valence-electron chi connectivity index (χ1n) is 10.5. The van der Waals surface area contributed by atoms with Crippen LogP contribution in [0.5, 0.6) is 0 Å². The lowest BCUT2D eigenvalue weighted by Gasteiger charge is -2.42. The number of nitrogens with one attached hydrogen (secondary N) is 1. The number of hydrogen-bond acceptors (Lipinski definition) is 7. The van der Waals surface area contributed by atoms with Crippen molar-refractivity contribution in [3.63, 3.8) is 0 Å². The Hall–Kier alpha value is -2.99. The van der Waals surface area contributed by atoms with Gasteiger partial charge in [-0.1, -0.05) is 17.3 Å². The van der Waals surface area contributed by atoms with E-state index in [1.165, 1.54) is 6.07 Å². The third kappa shape index (κ3) is 3.86. The molecule has 1 N–H and O–H groups in total. The summed E-state index contributed by atoms with van der Waals surface area (Å²) in [6.45, 7) is 3.58. The minimum Gasteiger partial charge on any atom is -0.379 e. The van der Waals surface area contributed by atoms with Crippen LogP contribution in [0, 0.1) is 5.41 Å². The van der Waals surface area contributed by atoms with Crippen LogP contribution in [0.25, 0.3) is 11.4 Å². The predicted octanol–water partition coefficient (Wildman–Crippen LogP) is 2.02. The molecule has 1 unspecified atom stereocenters. The molecule has 33 heavy (non-hydrogen) atoms. The van der Waals surface area contributed by atoms with Crippen molar-refractivity contribution in [1.29, 1.82) is 0 Å². The van der Waals surface area contributed by atoms with Crippen LogP contribution in [0.3, 0.4) is 0 Å². The molecule has 0 spiro atoms. The first-order valence-corrected chi connectivity index (χ1v) is 10.5. The molecule has 0 aliphatic carbocycles. The molecule has 9 nitrogen and oxygen atoms in total. The number of carbonyl (C=O) groups excluding carboxylic acids is 2. The van der Waals surface area contributed by atoms with Crippen molar-refractivity contribution >= 4 is 11.8 Å². The Balaban J connectivity index is 1.35. The van der Waals surface area contributed by atoms with Gasteiger partial charge in [0.2, 0.25) is 11.7 Å². The lowest BCUT2D eigenvalue weighted by Crippen LogP contribution is -2.61. The zero-order chi connectivity index (χ0) is 23.4. The smallest absolute Gasteiger partial charge is 0.379 e. The zero-order valence-corrected chi connectivity index (χ0v) is 17.6. The van der Waals surface area contributed by atoms with Gasteiger partial charge in [-0.05, 0) is 25.0 Å². The highest BCUT2D eigenvalue weighted by molar-refractivity contribution is 5.99. The summed E-state index contributed by atoms with van der Waals surface area (Å²) in [4.78, 5) is 31.0. The summed E-state index contributed by atoms with van der Waals surface area (Å²) in [6.07, 6.45) is -4.19. The standard InChI is InChI=1S/C21H21F3N4O5/c1-20(9-32-10-20)18(30)25-14-4-5-31-8-15(14)28-7-12-3-2-11(6-13(12)17(28)29)16-26-19(33-27-16)21(22,23)24/h2-3,6,14-15H,4-5,7-10H2,1H3,(H,25,30)/t14?,15-/m0/s1. The van der Waals surface area contributed by atoms with E-state index in [1.807, 2.05) is 6.92 Å². The summed E-state index contributed by atoms with van der Waals surface area (Å²) >= 11 is 0. The predicted molar refractivity (Wildman–Crippen MR) is 105 cm³/mol. The number of alkyl halides is 3. The van der Waals surface area contributed by atoms with Crippen LogP contribution in [-0.2, 0) is 27.0 Å². The molecule has 1 aromatic carbocycles. The topological polar surface area (TPSA) is 107 Å². The molecule has 2 fully saturated rings. The summed E-state index contributed by atoms with van der Waals surface area (Å²) in [6, 6.07) is 4.02. The Morgan fingerprint density at radius 3 is 2.73 bits per heavy atom. The monoisotopic (exact) mass is 466 g/mol. The minimum absolute atomic E-state index is 0.116. The highest BCUT2D eigenvalue weighted by atomic mass is 19.4. The fourth-order valence-electron chi connectivity index (χ4n) is 4.27. The Kier molecular flexibility index (Phi) is 5.16. The molecule has 3 aliphatic heterocycles. The van der Waals surface area contributed by atoms with E-state index in [0.29, 0.717) is 38.3 Å². The summed E-state index contributed by atoms with van der Waals surface area (Å²) in [5.41, 5.74) is 0.736. The van der Waals surface area contributed by atoms with E-state index in [2.05, 4.69) is 20.0 Å². The SMILES string of the molecule is CC1(C(=O)NC2CCOC[C@@H]2N2Cc3ccc(-c4noc(C(F)(F)F)n4)cc3C2=O)COC1. The van der Waals surface area contributed by atoms with Gasteiger partial charge in [-0.3, -0.25) is 9.59 Å². The van der Waals surface area contributed by atoms with Crippen molar-refractivity contribution in [2.75, 3.05) is 26.4 Å². The zero-order valence-electron chi connectivity index (χ0n) is 17.6. The molecular formula is C21H21F3N4O5. The second-order valence-electron chi connectivity index (χ2n) is 8.79. The van der Waals surface area contributed by atoms with E-state index in [1.54, 1.807) is 17.0 Å². The number of halogens is 3. The molecule has 0 saturated carbocycles. The number of aromatic nitrogens is 2. The van der Waals surface area contributed by atoms with Gasteiger partial charge in [-0.2, -0.15) is 18.2 Å². The maximum Gasteiger partial charge on any atom is 0.471 e. The molecule has 12 heteroatoms. The fourth-order valence-corrected chi connectivity index (χ4v) is 4.27. The van der Waals surface area contributed by atoms with Crippen molar-refractivity contribution in [3.8, 4) is 11.4 Å². The van der Waals surface area contributed by atoms with Crippen LogP contribution in [0.15, 0.2) is 22.7 Å². The lowest BCUT2D eigenvalue weighted by molar-refractivity contribution is -0.160. The van der Waals surface area contributed by atoms with Crippen LogP contribution in [0.2, 0.25) is 0 Å². The van der Waals surface area contributed by atoms with Crippen LogP contribution >= 0.6 is 0 Å². The van der Waals surface area contributed by atoms with Gasteiger partial charge in [0.1, 0.15) is 0 Å². The number of nitrogens with zero attached hydrogens (tertiary/aromatic N) is 3. The van der Waals surface area contributed by atoms with Crippen LogP contribution < -0.4 is 5.32 Å². The number of benzene rings is 1. The lowest BCUT2D eigenvalue weighted by atomic mass is 9.86. The normalized spacial score (nSPS) is 24.4. The first-order chi connectivity index (χ1) is 15.7. The number of hydrogen-bond donors (Lipinski definition) is 1. The van der Waals surface area contributed by atoms with Gasteiger partial charge in [-0.15, -0.1) is 0 Å². The first kappa shape index (κ1) is 21.8. The molecule has 4 heterocycles. The van der Waals surface area contributed by atoms with Crippen LogP contribution in [0.4, 0.5) is 13.2 Å². The quantitative estimate of drug-likeness (QED) is 0.735. The van der Waals surface area contributed by atoms with Crippen molar-refractivity contribution in [1.82, 2.24) is 20.4 Å². The van der Waals surface area contributed by atoms with E-state index in [4.69, 9.17) is 9.47 Å². The van der Waals surface area contributed by atoms with Crippen LogP contribution in [-0.4, -0.2) is 65.4 Å². The molecule has 2 saturated heterocycles. The maximum atomic E-state index is 13.2. The Bertz CT molecular complexity index is 1100. The fraction of sp³-hybridized carbons (Fsp3) is 0.524. The summed E-state index contributed by atoms with van der Waals surface area (Å²) < 4.78 is 53.4. The number of rotatable bonds is 4. The van der Waals surface area contributed by atoms with Crippen molar-refractivity contribution in [3.05, 3.63) is 35.2 Å². The molecule has 2 amide bonds. The van der Waals surface area contributed by atoms with Gasteiger partial charge in [0.05, 0.1) is 37.3 Å². The van der Waals surface area contributed by atoms with Gasteiger partial charge >= 0.3 is 12.1 Å². The van der Waals surface area contributed by atoms with Crippen molar-refractivity contribution < 1.29 is 36.8 Å². The number of ether oxygens (including phenoxy) is 2. The molecule has 5 rings (SSSR count). The average Bonchev–Trinajstić information content (AvgIpc) is 3.38. The number of fused-ring (bicyclic) bond motifs is 1. The molecule has 176 valence electrons. The van der Waals surface area contributed by atoms with E-state index in [9.17, 15) is 22.8 Å². The number of carbonyl (C=O) groups is 2. The second-order valence-corrected chi connectivity index (χ2v) is 8.79. The van der Waals surface area contributed by atoms with Crippen molar-refractivity contribution in [2.24, 2.45) is 5.41 Å². The van der Waals surface area contributed by atoms with Crippen molar-refractivity contribution in [2.45, 2.75) is 38.1 Å².